The molecule has 2 aliphatic rings. The lowest BCUT2D eigenvalue weighted by Gasteiger charge is -2.29. The van der Waals surface area contributed by atoms with Gasteiger partial charge in [0.15, 0.2) is 10.9 Å². The van der Waals surface area contributed by atoms with Gasteiger partial charge in [-0.25, -0.2) is 4.79 Å². The molecule has 2 aromatic rings. The van der Waals surface area contributed by atoms with Gasteiger partial charge in [-0.05, 0) is 49.7 Å². The summed E-state index contributed by atoms with van der Waals surface area (Å²) in [7, 11) is 0. The number of rotatable bonds is 4. The molecule has 0 bridgehead atoms. The fourth-order valence-electron chi connectivity index (χ4n) is 3.39. The summed E-state index contributed by atoms with van der Waals surface area (Å²) >= 11 is 5.96. The molecule has 1 atom stereocenters. The van der Waals surface area contributed by atoms with Crippen molar-refractivity contribution in [3.05, 3.63) is 40.5 Å². The number of nitrogens with zero attached hydrogens (tertiary/aromatic N) is 3. The third kappa shape index (κ3) is 4.20. The van der Waals surface area contributed by atoms with Crippen molar-refractivity contribution in [2.45, 2.75) is 44.6 Å². The van der Waals surface area contributed by atoms with Crippen molar-refractivity contribution in [2.75, 3.05) is 13.1 Å². The van der Waals surface area contributed by atoms with Crippen molar-refractivity contribution in [1.82, 2.24) is 15.1 Å². The van der Waals surface area contributed by atoms with Crippen LogP contribution in [0.25, 0.3) is 0 Å². The number of carbonyl (C=O) groups is 1. The van der Waals surface area contributed by atoms with Crippen LogP contribution in [0.2, 0.25) is 5.15 Å². The van der Waals surface area contributed by atoms with Gasteiger partial charge >= 0.3 is 6.09 Å². The second-order valence-electron chi connectivity index (χ2n) is 7.32. The summed E-state index contributed by atoms with van der Waals surface area (Å²) in [6.07, 6.45) is 2.56. The molecule has 1 unspecified atom stereocenters. The highest BCUT2D eigenvalue weighted by molar-refractivity contribution is 6.29. The lowest BCUT2D eigenvalue weighted by atomic mass is 10.1. The zero-order valence-electron chi connectivity index (χ0n) is 15.6. The molecule has 1 saturated carbocycles. The molecular formula is C20H22ClN3O4. The van der Waals surface area contributed by atoms with Crippen LogP contribution in [0, 0.1) is 6.92 Å². The number of aromatic nitrogens is 2. The highest BCUT2D eigenvalue weighted by Crippen LogP contribution is 2.46. The highest BCUT2D eigenvalue weighted by atomic mass is 35.5. The molecule has 2 heterocycles. The number of hydrogen-bond donors (Lipinski definition) is 1. The van der Waals surface area contributed by atoms with E-state index >= 15 is 0 Å². The fourth-order valence-corrected chi connectivity index (χ4v) is 3.53. The van der Waals surface area contributed by atoms with Crippen LogP contribution in [0.4, 0.5) is 4.79 Å². The maximum Gasteiger partial charge on any atom is 0.415 e. The van der Waals surface area contributed by atoms with Crippen LogP contribution in [-0.2, 0) is 0 Å². The Bertz CT molecular complexity index is 888. The SMILES string of the molecule is Cc1cccc(C2CC2)c1Oc1nnc(Cl)cc1OC(=O)N1CCCC(O)C1. The standard InChI is InChI=1S/C20H22ClN3O4/c1-12-4-2-6-15(13-7-8-13)18(12)28-19-16(10-17(21)22-23-19)27-20(26)24-9-3-5-14(25)11-24/h2,4,6,10,13-14,25H,3,5,7-9,11H2,1H3. The molecule has 1 aromatic heterocycles. The normalized spacial score (nSPS) is 19.4. The molecule has 1 N–H and O–H groups in total. The second kappa shape index (κ2) is 7.93. The molecule has 1 aromatic carbocycles. The molecule has 1 aliphatic heterocycles. The Kier molecular flexibility index (Phi) is 5.37. The number of aliphatic hydroxyl groups is 1. The first kappa shape index (κ1) is 19.0. The molecule has 7 nitrogen and oxygen atoms in total. The van der Waals surface area contributed by atoms with E-state index in [1.54, 1.807) is 0 Å². The minimum atomic E-state index is -0.570. The van der Waals surface area contributed by atoms with Crippen LogP contribution in [0.1, 0.15) is 42.7 Å². The van der Waals surface area contributed by atoms with Gasteiger partial charge in [-0.2, -0.15) is 0 Å². The highest BCUT2D eigenvalue weighted by Gasteiger charge is 2.29. The predicted molar refractivity (Wildman–Crippen MR) is 103 cm³/mol. The molecule has 28 heavy (non-hydrogen) atoms. The minimum Gasteiger partial charge on any atom is -0.434 e. The van der Waals surface area contributed by atoms with Gasteiger partial charge in [-0.3, -0.25) is 0 Å². The first-order valence-corrected chi connectivity index (χ1v) is 9.84. The summed E-state index contributed by atoms with van der Waals surface area (Å²) in [4.78, 5) is 14.0. The quantitative estimate of drug-likeness (QED) is 0.828. The summed E-state index contributed by atoms with van der Waals surface area (Å²) in [5.74, 6) is 1.39. The maximum absolute atomic E-state index is 12.5. The van der Waals surface area contributed by atoms with E-state index < -0.39 is 12.2 Å². The zero-order chi connectivity index (χ0) is 19.7. The van der Waals surface area contributed by atoms with E-state index in [0.29, 0.717) is 24.6 Å². The van der Waals surface area contributed by atoms with Crippen LogP contribution in [0.3, 0.4) is 0 Å². The Hall–Kier alpha value is -2.38. The summed E-state index contributed by atoms with van der Waals surface area (Å²) in [6.45, 7) is 2.73. The number of hydrogen-bond acceptors (Lipinski definition) is 6. The average molecular weight is 404 g/mol. The zero-order valence-corrected chi connectivity index (χ0v) is 16.4. The molecule has 2 fully saturated rings. The summed E-state index contributed by atoms with van der Waals surface area (Å²) in [5, 5.41) is 17.7. The van der Waals surface area contributed by atoms with Crippen molar-refractivity contribution >= 4 is 17.7 Å². The number of ether oxygens (including phenoxy) is 2. The third-order valence-electron chi connectivity index (χ3n) is 5.01. The van der Waals surface area contributed by atoms with Crippen molar-refractivity contribution in [1.29, 1.82) is 0 Å². The van der Waals surface area contributed by atoms with E-state index in [-0.39, 0.29) is 23.3 Å². The maximum atomic E-state index is 12.5. The summed E-state index contributed by atoms with van der Waals surface area (Å²) < 4.78 is 11.6. The molecule has 4 rings (SSSR count). The van der Waals surface area contributed by atoms with Crippen LogP contribution in [0.5, 0.6) is 17.4 Å². The van der Waals surface area contributed by atoms with Crippen molar-refractivity contribution < 1.29 is 19.4 Å². The lowest BCUT2D eigenvalue weighted by molar-refractivity contribution is 0.0687. The van der Waals surface area contributed by atoms with E-state index in [0.717, 1.165) is 30.4 Å². The summed E-state index contributed by atoms with van der Waals surface area (Å²) in [6, 6.07) is 7.43. The topological polar surface area (TPSA) is 84.8 Å². The van der Waals surface area contributed by atoms with Gasteiger partial charge in [-0.1, -0.05) is 29.8 Å². The molecule has 1 amide bonds. The first-order chi connectivity index (χ1) is 13.5. The number of benzene rings is 1. The van der Waals surface area contributed by atoms with Crippen molar-refractivity contribution in [3.63, 3.8) is 0 Å². The van der Waals surface area contributed by atoms with Gasteiger partial charge in [0.05, 0.1) is 6.10 Å². The molecular weight excluding hydrogens is 382 g/mol. The lowest BCUT2D eigenvalue weighted by Crippen LogP contribution is -2.43. The summed E-state index contributed by atoms with van der Waals surface area (Å²) in [5.41, 5.74) is 2.09. The average Bonchev–Trinajstić information content (AvgIpc) is 3.50. The minimum absolute atomic E-state index is 0.0894. The van der Waals surface area contributed by atoms with E-state index in [2.05, 4.69) is 10.2 Å². The second-order valence-corrected chi connectivity index (χ2v) is 7.70. The Balaban J connectivity index is 1.58. The fraction of sp³-hybridized carbons (Fsp3) is 0.450. The Labute approximate surface area is 168 Å². The van der Waals surface area contributed by atoms with Gasteiger partial charge in [0.25, 0.3) is 5.88 Å². The van der Waals surface area contributed by atoms with Crippen molar-refractivity contribution in [2.24, 2.45) is 0 Å². The van der Waals surface area contributed by atoms with Gasteiger partial charge in [0.1, 0.15) is 5.75 Å². The van der Waals surface area contributed by atoms with Gasteiger partial charge in [0, 0.05) is 19.2 Å². The van der Waals surface area contributed by atoms with E-state index in [4.69, 9.17) is 21.1 Å². The molecule has 148 valence electrons. The number of amides is 1. The number of likely N-dealkylation sites (tertiary alicyclic amines) is 1. The number of β-amino-alcohol motifs (C(OH)–C–C–N with tert-alkyl or cyclic N) is 1. The van der Waals surface area contributed by atoms with Crippen molar-refractivity contribution in [3.8, 4) is 17.4 Å². The Morgan fingerprint density at radius 1 is 1.29 bits per heavy atom. The number of halogens is 1. The molecule has 0 radical (unpaired) electrons. The van der Waals surface area contributed by atoms with Gasteiger partial charge in [0.2, 0.25) is 0 Å². The van der Waals surface area contributed by atoms with E-state index in [9.17, 15) is 9.90 Å². The third-order valence-corrected chi connectivity index (χ3v) is 5.19. The van der Waals surface area contributed by atoms with E-state index in [1.165, 1.54) is 11.0 Å². The molecule has 1 saturated heterocycles. The van der Waals surface area contributed by atoms with Crippen LogP contribution >= 0.6 is 11.6 Å². The number of aliphatic hydroxyl groups excluding tert-OH is 1. The van der Waals surface area contributed by atoms with Crippen LogP contribution in [0.15, 0.2) is 24.3 Å². The van der Waals surface area contributed by atoms with Crippen LogP contribution < -0.4 is 9.47 Å². The Morgan fingerprint density at radius 2 is 2.11 bits per heavy atom. The monoisotopic (exact) mass is 403 g/mol. The Morgan fingerprint density at radius 3 is 2.86 bits per heavy atom. The molecule has 0 spiro atoms. The first-order valence-electron chi connectivity index (χ1n) is 9.46. The number of carbonyl (C=O) groups excluding carboxylic acids is 1. The number of piperidine rings is 1. The van der Waals surface area contributed by atoms with Gasteiger partial charge < -0.3 is 19.5 Å². The van der Waals surface area contributed by atoms with Crippen LogP contribution in [-0.4, -0.2) is 45.5 Å². The largest absolute Gasteiger partial charge is 0.434 e. The molecule has 1 aliphatic carbocycles. The van der Waals surface area contributed by atoms with Gasteiger partial charge in [-0.15, -0.1) is 10.2 Å². The molecule has 8 heteroatoms. The predicted octanol–water partition coefficient (Wildman–Crippen LogP) is 4.06. The smallest absolute Gasteiger partial charge is 0.415 e. The number of para-hydroxylation sites is 1. The van der Waals surface area contributed by atoms with E-state index in [1.807, 2.05) is 25.1 Å². The number of aryl methyl sites for hydroxylation is 1.